The lowest BCUT2D eigenvalue weighted by Gasteiger charge is -2.29. The Labute approximate surface area is 301 Å². The van der Waals surface area contributed by atoms with Crippen molar-refractivity contribution in [3.8, 4) is 0 Å². The third-order valence-electron chi connectivity index (χ3n) is 9.79. The number of alkyl halides is 1. The number of imidazole rings is 1. The number of nitrogens with two attached hydrogens (primary N) is 1. The van der Waals surface area contributed by atoms with Crippen LogP contribution in [-0.4, -0.2) is 89.5 Å². The minimum atomic E-state index is -4.13. The van der Waals surface area contributed by atoms with Gasteiger partial charge in [0.25, 0.3) is 12.3 Å². The molecule has 5 N–H and O–H groups in total. The summed E-state index contributed by atoms with van der Waals surface area (Å²) in [5.41, 5.74) is 7.41. The zero-order valence-corrected chi connectivity index (χ0v) is 31.4. The SMILES string of the molecule is CSP(=N)(OC[C@@H]1C[C@@H](F)[C@H](n2cc3c4c(ncnc42)NCCC3)C1)O[C@@H]1[C@H](C)[C@@H](COP(=O)(O)S)O[C@H]1n1cnc2c(=O)n(CCN)cnc21. The highest BCUT2D eigenvalue weighted by Crippen LogP contribution is 2.64. The number of hydrogen-bond donors (Lipinski definition) is 5. The van der Waals surface area contributed by atoms with Crippen LogP contribution in [0.5, 0.6) is 0 Å². The van der Waals surface area contributed by atoms with Crippen molar-refractivity contribution in [1.29, 1.82) is 5.16 Å². The zero-order valence-electron chi connectivity index (χ0n) is 27.9. The molecular formula is C29H41FN10O7P2S2. The number of hydrogen-bond acceptors (Lipinski definition) is 14. The molecule has 4 aromatic heterocycles. The molecule has 9 atom stereocenters. The Bertz CT molecular complexity index is 2060. The van der Waals surface area contributed by atoms with Crippen molar-refractivity contribution in [3.05, 3.63) is 41.1 Å². The van der Waals surface area contributed by atoms with Crippen molar-refractivity contribution in [2.45, 2.75) is 69.8 Å². The van der Waals surface area contributed by atoms with Gasteiger partial charge in [-0.2, -0.15) is 0 Å². The van der Waals surface area contributed by atoms with Crippen LogP contribution in [0.2, 0.25) is 0 Å². The number of nitrogens with one attached hydrogen (secondary N) is 2. The minimum Gasteiger partial charge on any atom is -0.369 e. The average Bonchev–Trinajstić information content (AvgIpc) is 3.83. The lowest BCUT2D eigenvalue weighted by molar-refractivity contribution is -0.0422. The highest BCUT2D eigenvalue weighted by Gasteiger charge is 2.48. The molecule has 17 nitrogen and oxygen atoms in total. The summed E-state index contributed by atoms with van der Waals surface area (Å²) >= 11 is 4.73. The highest BCUT2D eigenvalue weighted by molar-refractivity contribution is 8.55. The van der Waals surface area contributed by atoms with E-state index in [0.717, 1.165) is 47.5 Å². The lowest BCUT2D eigenvalue weighted by Crippen LogP contribution is -2.28. The predicted octanol–water partition coefficient (Wildman–Crippen LogP) is 4.51. The van der Waals surface area contributed by atoms with Crippen LogP contribution in [-0.2, 0) is 35.8 Å². The number of fused-ring (bicyclic) bond motifs is 1. The first-order chi connectivity index (χ1) is 24.4. The Kier molecular flexibility index (Phi) is 10.7. The van der Waals surface area contributed by atoms with Gasteiger partial charge >= 0.3 is 6.80 Å². The smallest absolute Gasteiger partial charge is 0.369 e. The second-order valence-electron chi connectivity index (χ2n) is 13.0. The van der Waals surface area contributed by atoms with Gasteiger partial charge in [-0.25, -0.2) is 28.9 Å². The standard InChI is InChI=1S/C29H41FN10O7P2S2/c1-16-21(12-45-49(42,43)50)46-29(40-15-36-23-27(40)37-14-38(7-5-31)28(23)41)24(16)47-48(32,51-2)44-11-17-8-19(30)20(9-17)39-10-18-4-3-6-33-25-22(18)26(39)35-13-34-25/h10,13-17,19-21,24,29,32H,3-9,11-12,31H2,1-2H3,(H,33,34,35)(H2,42,43,50)/t16-,17-,19-,20-,21-,24-,29-,48?/m1/s1. The van der Waals surface area contributed by atoms with Gasteiger partial charge in [0.05, 0.1) is 37.1 Å². The molecule has 4 aromatic rings. The molecule has 2 unspecified atom stereocenters. The molecule has 6 heterocycles. The molecule has 0 radical (unpaired) electrons. The average molecular weight is 787 g/mol. The molecule has 2 aliphatic heterocycles. The first-order valence-electron chi connectivity index (χ1n) is 16.6. The van der Waals surface area contributed by atoms with Gasteiger partial charge in [-0.3, -0.25) is 23.6 Å². The van der Waals surface area contributed by atoms with Crippen LogP contribution in [0.3, 0.4) is 0 Å². The van der Waals surface area contributed by atoms with E-state index in [2.05, 4.69) is 37.5 Å². The molecule has 0 bridgehead atoms. The van der Waals surface area contributed by atoms with Crippen LogP contribution in [0.15, 0.2) is 30.0 Å². The van der Waals surface area contributed by atoms with Gasteiger partial charge in [0.1, 0.15) is 36.4 Å². The van der Waals surface area contributed by atoms with E-state index in [-0.39, 0.29) is 55.4 Å². The molecule has 51 heavy (non-hydrogen) atoms. The third kappa shape index (κ3) is 7.41. The van der Waals surface area contributed by atoms with Gasteiger partial charge in [-0.15, -0.1) is 0 Å². The van der Waals surface area contributed by atoms with E-state index >= 15 is 4.39 Å². The molecule has 278 valence electrons. The van der Waals surface area contributed by atoms with Crippen molar-refractivity contribution in [2.75, 3.05) is 37.9 Å². The Morgan fingerprint density at radius 2 is 2.02 bits per heavy atom. The van der Waals surface area contributed by atoms with Gasteiger partial charge in [0.2, 0.25) is 0 Å². The number of thiol groups is 1. The van der Waals surface area contributed by atoms with Crippen molar-refractivity contribution in [2.24, 2.45) is 17.6 Å². The van der Waals surface area contributed by atoms with E-state index in [4.69, 9.17) is 24.0 Å². The fourth-order valence-electron chi connectivity index (χ4n) is 7.21. The van der Waals surface area contributed by atoms with Crippen LogP contribution in [0, 0.1) is 17.0 Å². The van der Waals surface area contributed by atoms with Crippen molar-refractivity contribution in [3.63, 3.8) is 0 Å². The zero-order chi connectivity index (χ0) is 36.1. The largest absolute Gasteiger partial charge is 0.383 e. The van der Waals surface area contributed by atoms with Gasteiger partial charge in [0, 0.05) is 31.7 Å². The molecule has 2 fully saturated rings. The van der Waals surface area contributed by atoms with E-state index in [9.17, 15) is 19.4 Å². The molecule has 0 aromatic carbocycles. The molecule has 1 saturated carbocycles. The molecule has 22 heteroatoms. The number of halogens is 1. The van der Waals surface area contributed by atoms with Crippen LogP contribution in [0.25, 0.3) is 22.2 Å². The van der Waals surface area contributed by atoms with Gasteiger partial charge in [-0.05, 0) is 43.4 Å². The molecule has 0 spiro atoms. The van der Waals surface area contributed by atoms with Crippen molar-refractivity contribution in [1.82, 2.24) is 33.6 Å². The number of nitrogens with zero attached hydrogens (tertiary/aromatic N) is 7. The minimum absolute atomic E-state index is 0.0965. The summed E-state index contributed by atoms with van der Waals surface area (Å²) in [6, 6.07) is -0.440. The third-order valence-corrected chi connectivity index (χ3v) is 14.1. The Morgan fingerprint density at radius 1 is 1.20 bits per heavy atom. The Hall–Kier alpha value is -2.38. The topological polar surface area (TPSA) is 220 Å². The van der Waals surface area contributed by atoms with Crippen molar-refractivity contribution < 1.29 is 32.2 Å². The summed E-state index contributed by atoms with van der Waals surface area (Å²) in [4.78, 5) is 40.4. The molecule has 0 amide bonds. The second-order valence-corrected chi connectivity index (χ2v) is 20.2. The first kappa shape index (κ1) is 37.0. The van der Waals surface area contributed by atoms with Crippen LogP contribution in [0.4, 0.5) is 10.2 Å². The van der Waals surface area contributed by atoms with Gasteiger partial charge in [-0.1, -0.05) is 30.6 Å². The van der Waals surface area contributed by atoms with E-state index in [1.165, 1.54) is 23.5 Å². The van der Waals surface area contributed by atoms with Gasteiger partial charge in [0.15, 0.2) is 17.4 Å². The molecule has 1 aliphatic carbocycles. The molecule has 1 saturated heterocycles. The van der Waals surface area contributed by atoms with Crippen LogP contribution < -0.4 is 16.6 Å². The van der Waals surface area contributed by atoms with Crippen LogP contribution >= 0.6 is 37.1 Å². The van der Waals surface area contributed by atoms with E-state index in [0.29, 0.717) is 12.1 Å². The Morgan fingerprint density at radius 3 is 2.78 bits per heavy atom. The predicted molar refractivity (Wildman–Crippen MR) is 194 cm³/mol. The molecular weight excluding hydrogens is 745 g/mol. The fraction of sp³-hybridized carbons (Fsp3) is 0.621. The maximum Gasteiger partial charge on any atom is 0.383 e. The quantitative estimate of drug-likeness (QED) is 0.0931. The van der Waals surface area contributed by atoms with E-state index < -0.39 is 50.1 Å². The number of aryl methyl sites for hydroxylation is 1. The number of anilines is 1. The Balaban J connectivity index is 1.10. The maximum absolute atomic E-state index is 15.7. The number of ether oxygens (including phenoxy) is 1. The summed E-state index contributed by atoms with van der Waals surface area (Å²) in [7, 11) is 0. The number of rotatable bonds is 13. The van der Waals surface area contributed by atoms with E-state index in [1.807, 2.05) is 10.8 Å². The van der Waals surface area contributed by atoms with Crippen LogP contribution in [0.1, 0.15) is 44.0 Å². The summed E-state index contributed by atoms with van der Waals surface area (Å²) in [5.74, 6) is 0.109. The number of aromatic nitrogens is 7. The monoisotopic (exact) mass is 786 g/mol. The summed E-state index contributed by atoms with van der Waals surface area (Å²) < 4.78 is 56.6. The van der Waals surface area contributed by atoms with Gasteiger partial charge < -0.3 is 34.3 Å². The summed E-state index contributed by atoms with van der Waals surface area (Å²) in [6.45, 7) is -4.61. The molecule has 3 aliphatic rings. The molecule has 7 rings (SSSR count). The fourth-order valence-corrected chi connectivity index (χ4v) is 10.1. The summed E-state index contributed by atoms with van der Waals surface area (Å²) in [5, 5.41) is 13.6. The second kappa shape index (κ2) is 14.8. The lowest BCUT2D eigenvalue weighted by atomic mass is 10.0. The van der Waals surface area contributed by atoms with Crippen molar-refractivity contribution >= 4 is 65.2 Å². The first-order valence-corrected chi connectivity index (χ1v) is 22.8. The summed E-state index contributed by atoms with van der Waals surface area (Å²) in [6.07, 6.45) is 6.87. The normalized spacial score (nSPS) is 28.9. The highest BCUT2D eigenvalue weighted by atomic mass is 32.7. The van der Waals surface area contributed by atoms with E-state index in [1.54, 1.807) is 17.7 Å². The maximum atomic E-state index is 15.7.